The maximum absolute atomic E-state index is 12.2. The third kappa shape index (κ3) is 4.50. The van der Waals surface area contributed by atoms with Crippen LogP contribution < -0.4 is 15.4 Å². The largest absolute Gasteiger partial charge is 0.497 e. The SMILES string of the molecule is COc1ccc(NC(=O)Cn2cc(NC(=O)c3sccc3Br)cn2)cc1. The van der Waals surface area contributed by atoms with Gasteiger partial charge in [0.1, 0.15) is 17.2 Å². The summed E-state index contributed by atoms with van der Waals surface area (Å²) in [5.74, 6) is 0.263. The first-order valence-electron chi connectivity index (χ1n) is 7.56. The highest BCUT2D eigenvalue weighted by molar-refractivity contribution is 9.10. The van der Waals surface area contributed by atoms with E-state index in [4.69, 9.17) is 4.74 Å². The number of aromatic nitrogens is 2. The average molecular weight is 435 g/mol. The molecule has 0 radical (unpaired) electrons. The van der Waals surface area contributed by atoms with Crippen LogP contribution in [0.3, 0.4) is 0 Å². The zero-order valence-corrected chi connectivity index (χ0v) is 16.1. The number of amides is 2. The molecule has 134 valence electrons. The van der Waals surface area contributed by atoms with Crippen molar-refractivity contribution < 1.29 is 14.3 Å². The smallest absolute Gasteiger partial charge is 0.266 e. The van der Waals surface area contributed by atoms with Crippen molar-refractivity contribution in [1.82, 2.24) is 9.78 Å². The Labute approximate surface area is 162 Å². The van der Waals surface area contributed by atoms with Crippen molar-refractivity contribution in [3.63, 3.8) is 0 Å². The van der Waals surface area contributed by atoms with Gasteiger partial charge in [-0.3, -0.25) is 14.3 Å². The number of anilines is 2. The van der Waals surface area contributed by atoms with Gasteiger partial charge in [-0.2, -0.15) is 5.10 Å². The molecule has 9 heteroatoms. The highest BCUT2D eigenvalue weighted by Gasteiger charge is 2.13. The van der Waals surface area contributed by atoms with Gasteiger partial charge in [-0.25, -0.2) is 0 Å². The molecule has 2 aromatic heterocycles. The molecule has 0 bridgehead atoms. The molecule has 0 atom stereocenters. The van der Waals surface area contributed by atoms with E-state index in [1.54, 1.807) is 37.6 Å². The van der Waals surface area contributed by atoms with Crippen molar-refractivity contribution in [2.45, 2.75) is 6.54 Å². The van der Waals surface area contributed by atoms with E-state index in [0.717, 1.165) is 4.47 Å². The van der Waals surface area contributed by atoms with Gasteiger partial charge in [0.15, 0.2) is 0 Å². The predicted octanol–water partition coefficient (Wildman–Crippen LogP) is 3.61. The lowest BCUT2D eigenvalue weighted by Gasteiger charge is -2.06. The molecule has 0 aliphatic carbocycles. The highest BCUT2D eigenvalue weighted by Crippen LogP contribution is 2.23. The second-order valence-corrected chi connectivity index (χ2v) is 7.03. The molecule has 0 saturated carbocycles. The van der Waals surface area contributed by atoms with Crippen molar-refractivity contribution in [1.29, 1.82) is 0 Å². The minimum atomic E-state index is -0.228. The molecule has 26 heavy (non-hydrogen) atoms. The highest BCUT2D eigenvalue weighted by atomic mass is 79.9. The third-order valence-corrected chi connectivity index (χ3v) is 5.23. The number of nitrogens with one attached hydrogen (secondary N) is 2. The molecule has 0 fully saturated rings. The topological polar surface area (TPSA) is 85.2 Å². The first kappa shape index (κ1) is 18.2. The van der Waals surface area contributed by atoms with E-state index in [0.29, 0.717) is 22.0 Å². The fraction of sp³-hybridized carbons (Fsp3) is 0.118. The Balaban J connectivity index is 1.56. The van der Waals surface area contributed by atoms with Gasteiger partial charge in [-0.15, -0.1) is 11.3 Å². The van der Waals surface area contributed by atoms with Crippen LogP contribution in [-0.2, 0) is 11.3 Å². The number of methoxy groups -OCH3 is 1. The zero-order valence-electron chi connectivity index (χ0n) is 13.7. The summed E-state index contributed by atoms with van der Waals surface area (Å²) in [6, 6.07) is 8.85. The van der Waals surface area contributed by atoms with E-state index >= 15 is 0 Å². The van der Waals surface area contributed by atoms with Crippen LogP contribution >= 0.6 is 27.3 Å². The van der Waals surface area contributed by atoms with Crippen LogP contribution in [0.1, 0.15) is 9.67 Å². The van der Waals surface area contributed by atoms with Gasteiger partial charge in [0.05, 0.1) is 19.0 Å². The summed E-state index contributed by atoms with van der Waals surface area (Å²) in [5, 5.41) is 11.4. The van der Waals surface area contributed by atoms with Crippen LogP contribution in [0.5, 0.6) is 5.75 Å². The summed E-state index contributed by atoms with van der Waals surface area (Å²) in [5.41, 5.74) is 1.19. The van der Waals surface area contributed by atoms with Gasteiger partial charge >= 0.3 is 0 Å². The normalized spacial score (nSPS) is 10.4. The minimum absolute atomic E-state index is 0.0323. The number of thiophene rings is 1. The molecular weight excluding hydrogens is 420 g/mol. The fourth-order valence-electron chi connectivity index (χ4n) is 2.18. The second kappa shape index (κ2) is 8.15. The Kier molecular flexibility index (Phi) is 5.69. The molecule has 3 rings (SSSR count). The molecule has 2 N–H and O–H groups in total. The summed E-state index contributed by atoms with van der Waals surface area (Å²) in [6.07, 6.45) is 3.10. The average Bonchev–Trinajstić information content (AvgIpc) is 3.24. The van der Waals surface area contributed by atoms with E-state index in [1.807, 2.05) is 11.4 Å². The molecule has 0 aliphatic rings. The standard InChI is InChI=1S/C17H15BrN4O3S/c1-25-13-4-2-11(3-5-13)20-15(23)10-22-9-12(8-19-22)21-17(24)16-14(18)6-7-26-16/h2-9H,10H2,1H3,(H,20,23)(H,21,24). The molecule has 7 nitrogen and oxygen atoms in total. The van der Waals surface area contributed by atoms with Crippen LogP contribution in [0.2, 0.25) is 0 Å². The summed E-state index contributed by atoms with van der Waals surface area (Å²) >= 11 is 4.67. The Morgan fingerprint density at radius 3 is 2.62 bits per heavy atom. The number of carbonyl (C=O) groups excluding carboxylic acids is 2. The number of benzene rings is 1. The third-order valence-electron chi connectivity index (χ3n) is 3.39. The van der Waals surface area contributed by atoms with E-state index in [9.17, 15) is 9.59 Å². The molecule has 3 aromatic rings. The number of ether oxygens (including phenoxy) is 1. The van der Waals surface area contributed by atoms with Crippen LogP contribution in [-0.4, -0.2) is 28.7 Å². The number of carbonyl (C=O) groups is 2. The molecule has 0 saturated heterocycles. The Morgan fingerprint density at radius 1 is 1.19 bits per heavy atom. The van der Waals surface area contributed by atoms with Gasteiger partial charge in [0.25, 0.3) is 5.91 Å². The lowest BCUT2D eigenvalue weighted by Crippen LogP contribution is -2.19. The van der Waals surface area contributed by atoms with E-state index < -0.39 is 0 Å². The molecule has 2 heterocycles. The molecule has 1 aromatic carbocycles. The summed E-state index contributed by atoms with van der Waals surface area (Å²) in [7, 11) is 1.58. The van der Waals surface area contributed by atoms with Crippen LogP contribution in [0.15, 0.2) is 52.6 Å². The molecule has 2 amide bonds. The maximum atomic E-state index is 12.2. The summed E-state index contributed by atoms with van der Waals surface area (Å²) in [6.45, 7) is 0.0323. The van der Waals surface area contributed by atoms with Crippen LogP contribution in [0, 0.1) is 0 Å². The first-order chi connectivity index (χ1) is 12.5. The molecule has 0 aliphatic heterocycles. The number of hydrogen-bond donors (Lipinski definition) is 2. The Morgan fingerprint density at radius 2 is 1.96 bits per heavy atom. The first-order valence-corrected chi connectivity index (χ1v) is 9.23. The van der Waals surface area contributed by atoms with Crippen molar-refractivity contribution >= 4 is 50.5 Å². The number of hydrogen-bond acceptors (Lipinski definition) is 5. The summed E-state index contributed by atoms with van der Waals surface area (Å²) in [4.78, 5) is 24.8. The van der Waals surface area contributed by atoms with Gasteiger partial charge < -0.3 is 15.4 Å². The second-order valence-electron chi connectivity index (χ2n) is 5.26. The van der Waals surface area contributed by atoms with Gasteiger partial charge in [0, 0.05) is 16.4 Å². The monoisotopic (exact) mass is 434 g/mol. The fourth-order valence-corrected chi connectivity index (χ4v) is 3.63. The van der Waals surface area contributed by atoms with Crippen molar-refractivity contribution in [2.24, 2.45) is 0 Å². The van der Waals surface area contributed by atoms with Gasteiger partial charge in [0.2, 0.25) is 5.91 Å². The zero-order chi connectivity index (χ0) is 18.5. The predicted molar refractivity (Wildman–Crippen MR) is 104 cm³/mol. The van der Waals surface area contributed by atoms with E-state index in [2.05, 4.69) is 31.7 Å². The quantitative estimate of drug-likeness (QED) is 0.620. The molecule has 0 unspecified atom stereocenters. The van der Waals surface area contributed by atoms with Crippen molar-refractivity contribution in [2.75, 3.05) is 17.7 Å². The molecular formula is C17H15BrN4O3S. The van der Waals surface area contributed by atoms with Crippen LogP contribution in [0.4, 0.5) is 11.4 Å². The Bertz CT molecular complexity index is 920. The van der Waals surface area contributed by atoms with Crippen LogP contribution in [0.25, 0.3) is 0 Å². The number of halogens is 1. The lowest BCUT2D eigenvalue weighted by molar-refractivity contribution is -0.116. The van der Waals surface area contributed by atoms with Gasteiger partial charge in [-0.05, 0) is 51.6 Å². The molecule has 0 spiro atoms. The van der Waals surface area contributed by atoms with E-state index in [-0.39, 0.29) is 18.4 Å². The minimum Gasteiger partial charge on any atom is -0.497 e. The van der Waals surface area contributed by atoms with E-state index in [1.165, 1.54) is 22.2 Å². The van der Waals surface area contributed by atoms with Gasteiger partial charge in [-0.1, -0.05) is 0 Å². The number of rotatable bonds is 6. The lowest BCUT2D eigenvalue weighted by atomic mass is 10.3. The maximum Gasteiger partial charge on any atom is 0.266 e. The van der Waals surface area contributed by atoms with Crippen molar-refractivity contribution in [3.8, 4) is 5.75 Å². The summed E-state index contributed by atoms with van der Waals surface area (Å²) < 4.78 is 7.27. The van der Waals surface area contributed by atoms with Crippen molar-refractivity contribution in [3.05, 3.63) is 57.5 Å². The Hall–Kier alpha value is -2.65. The number of nitrogens with zero attached hydrogens (tertiary/aromatic N) is 2.